The molecule has 0 aromatic carbocycles. The van der Waals surface area contributed by atoms with Gasteiger partial charge in [-0.15, -0.1) is 0 Å². The number of carbonyl (C=O) groups excluding carboxylic acids is 1. The number of hydrogen-bond donors (Lipinski definition) is 2. The number of aromatic carboxylic acids is 1. The summed E-state index contributed by atoms with van der Waals surface area (Å²) < 4.78 is 0. The van der Waals surface area contributed by atoms with Gasteiger partial charge in [0.25, 0.3) is 0 Å². The van der Waals surface area contributed by atoms with Crippen LogP contribution in [0, 0.1) is 11.8 Å². The Labute approximate surface area is 105 Å². The molecule has 2 N–H and O–H groups in total. The van der Waals surface area contributed by atoms with E-state index in [0.717, 1.165) is 19.3 Å². The summed E-state index contributed by atoms with van der Waals surface area (Å²) in [4.78, 5) is 26.6. The molecule has 1 saturated carbocycles. The van der Waals surface area contributed by atoms with Crippen LogP contribution in [0.25, 0.3) is 0 Å². The Hall–Kier alpha value is -1.91. The zero-order valence-corrected chi connectivity index (χ0v) is 10.2. The molecular formula is C13H16N2O3. The Morgan fingerprint density at radius 3 is 2.67 bits per heavy atom. The van der Waals surface area contributed by atoms with Gasteiger partial charge in [-0.3, -0.25) is 4.79 Å². The number of carbonyl (C=O) groups is 2. The number of aromatic nitrogens is 1. The second-order valence-electron chi connectivity index (χ2n) is 4.74. The molecule has 1 aromatic heterocycles. The van der Waals surface area contributed by atoms with Crippen molar-refractivity contribution in [2.24, 2.45) is 11.8 Å². The lowest BCUT2D eigenvalue weighted by Crippen LogP contribution is -2.25. The van der Waals surface area contributed by atoms with Crippen LogP contribution in [0.15, 0.2) is 18.3 Å². The van der Waals surface area contributed by atoms with Gasteiger partial charge < -0.3 is 10.4 Å². The number of rotatable bonds is 3. The normalized spacial score (nSPS) is 22.7. The van der Waals surface area contributed by atoms with Crippen molar-refractivity contribution in [2.75, 3.05) is 5.32 Å². The number of carboxylic acid groups (broad SMARTS) is 1. The van der Waals surface area contributed by atoms with Crippen LogP contribution < -0.4 is 5.32 Å². The van der Waals surface area contributed by atoms with Gasteiger partial charge in [0, 0.05) is 12.1 Å². The lowest BCUT2D eigenvalue weighted by atomic mass is 9.97. The van der Waals surface area contributed by atoms with Crippen molar-refractivity contribution in [1.29, 1.82) is 0 Å². The molecule has 5 nitrogen and oxygen atoms in total. The van der Waals surface area contributed by atoms with E-state index >= 15 is 0 Å². The highest BCUT2D eigenvalue weighted by Gasteiger charge is 2.29. The molecule has 1 amide bonds. The third kappa shape index (κ3) is 2.67. The van der Waals surface area contributed by atoms with E-state index in [-0.39, 0.29) is 17.4 Å². The van der Waals surface area contributed by atoms with Gasteiger partial charge in [0.1, 0.15) is 5.82 Å². The molecule has 1 aliphatic rings. The Kier molecular flexibility index (Phi) is 3.60. The molecule has 1 fully saturated rings. The van der Waals surface area contributed by atoms with Crippen LogP contribution in [0.4, 0.5) is 5.82 Å². The quantitative estimate of drug-likeness (QED) is 0.859. The van der Waals surface area contributed by atoms with Crippen LogP contribution in [0.5, 0.6) is 0 Å². The van der Waals surface area contributed by atoms with E-state index in [9.17, 15) is 9.59 Å². The van der Waals surface area contributed by atoms with E-state index in [0.29, 0.717) is 11.7 Å². The van der Waals surface area contributed by atoms with Crippen molar-refractivity contribution >= 4 is 17.7 Å². The highest BCUT2D eigenvalue weighted by atomic mass is 16.4. The monoisotopic (exact) mass is 248 g/mol. The fraction of sp³-hybridized carbons (Fsp3) is 0.462. The molecule has 5 heteroatoms. The van der Waals surface area contributed by atoms with Gasteiger partial charge in [-0.05, 0) is 30.9 Å². The molecule has 0 radical (unpaired) electrons. The molecule has 1 aromatic rings. The number of anilines is 1. The topological polar surface area (TPSA) is 79.3 Å². The van der Waals surface area contributed by atoms with Crippen molar-refractivity contribution in [3.05, 3.63) is 23.9 Å². The minimum atomic E-state index is -1.02. The van der Waals surface area contributed by atoms with E-state index in [1.807, 2.05) is 0 Å². The minimum absolute atomic E-state index is 0.0180. The molecular weight excluding hydrogens is 232 g/mol. The maximum Gasteiger partial charge on any atom is 0.337 e. The van der Waals surface area contributed by atoms with E-state index < -0.39 is 5.97 Å². The van der Waals surface area contributed by atoms with E-state index in [1.165, 1.54) is 18.3 Å². The number of pyridine rings is 1. The number of nitrogens with one attached hydrogen (secondary N) is 1. The molecule has 18 heavy (non-hydrogen) atoms. The highest BCUT2D eigenvalue weighted by molar-refractivity contribution is 5.92. The number of amides is 1. The number of nitrogens with zero attached hydrogens (tertiary/aromatic N) is 1. The first-order valence-corrected chi connectivity index (χ1v) is 6.08. The van der Waals surface area contributed by atoms with Crippen molar-refractivity contribution in [3.8, 4) is 0 Å². The second-order valence-corrected chi connectivity index (χ2v) is 4.74. The summed E-state index contributed by atoms with van der Waals surface area (Å²) in [5.74, 6) is -0.182. The van der Waals surface area contributed by atoms with Crippen molar-refractivity contribution in [3.63, 3.8) is 0 Å². The summed E-state index contributed by atoms with van der Waals surface area (Å²) in [6.07, 6.45) is 4.34. The summed E-state index contributed by atoms with van der Waals surface area (Å²) in [6, 6.07) is 2.95. The molecule has 0 saturated heterocycles. The van der Waals surface area contributed by atoms with Gasteiger partial charge in [-0.2, -0.15) is 0 Å². The largest absolute Gasteiger partial charge is 0.478 e. The van der Waals surface area contributed by atoms with Crippen LogP contribution in [-0.4, -0.2) is 22.0 Å². The smallest absolute Gasteiger partial charge is 0.337 e. The lowest BCUT2D eigenvalue weighted by Gasteiger charge is -2.14. The molecule has 1 heterocycles. The standard InChI is InChI=1S/C13H16N2O3/c1-8-3-2-4-10(8)12(16)15-11-6-5-9(7-14-11)13(17)18/h5-8,10H,2-4H2,1H3,(H,17,18)(H,14,15,16). The summed E-state index contributed by atoms with van der Waals surface area (Å²) in [7, 11) is 0. The van der Waals surface area contributed by atoms with Gasteiger partial charge in [0.2, 0.25) is 5.91 Å². The van der Waals surface area contributed by atoms with Gasteiger partial charge in [0.15, 0.2) is 0 Å². The Bertz CT molecular complexity index is 456. The maximum atomic E-state index is 12.0. The summed E-state index contributed by atoms with van der Waals surface area (Å²) >= 11 is 0. The van der Waals surface area contributed by atoms with E-state index in [4.69, 9.17) is 5.11 Å². The number of carboxylic acids is 1. The molecule has 1 aliphatic carbocycles. The average molecular weight is 248 g/mol. The SMILES string of the molecule is CC1CCCC1C(=O)Nc1ccc(C(=O)O)cn1. The first-order chi connectivity index (χ1) is 8.58. The molecule has 0 aliphatic heterocycles. The fourth-order valence-corrected chi connectivity index (χ4v) is 2.35. The van der Waals surface area contributed by atoms with Gasteiger partial charge in [-0.1, -0.05) is 13.3 Å². The molecule has 0 bridgehead atoms. The molecule has 2 unspecified atom stereocenters. The maximum absolute atomic E-state index is 12.0. The molecule has 2 atom stereocenters. The van der Waals surface area contributed by atoms with Crippen molar-refractivity contribution in [1.82, 2.24) is 4.98 Å². The Balaban J connectivity index is 2.00. The first-order valence-electron chi connectivity index (χ1n) is 6.08. The Morgan fingerprint density at radius 1 is 1.39 bits per heavy atom. The van der Waals surface area contributed by atoms with E-state index in [2.05, 4.69) is 17.2 Å². The number of hydrogen-bond acceptors (Lipinski definition) is 3. The van der Waals surface area contributed by atoms with Gasteiger partial charge >= 0.3 is 5.97 Å². The van der Waals surface area contributed by atoms with Crippen LogP contribution in [0.3, 0.4) is 0 Å². The summed E-state index contributed by atoms with van der Waals surface area (Å²) in [6.45, 7) is 2.08. The van der Waals surface area contributed by atoms with E-state index in [1.54, 1.807) is 0 Å². The first kappa shape index (κ1) is 12.5. The fourth-order valence-electron chi connectivity index (χ4n) is 2.35. The van der Waals surface area contributed by atoms with Crippen LogP contribution >= 0.6 is 0 Å². The van der Waals surface area contributed by atoms with Crippen molar-refractivity contribution in [2.45, 2.75) is 26.2 Å². The third-order valence-electron chi connectivity index (χ3n) is 3.46. The average Bonchev–Trinajstić information content (AvgIpc) is 2.76. The lowest BCUT2D eigenvalue weighted by molar-refractivity contribution is -0.120. The van der Waals surface area contributed by atoms with Crippen LogP contribution in [0.1, 0.15) is 36.5 Å². The Morgan fingerprint density at radius 2 is 2.17 bits per heavy atom. The van der Waals surface area contributed by atoms with Gasteiger partial charge in [0.05, 0.1) is 5.56 Å². The van der Waals surface area contributed by atoms with Crippen molar-refractivity contribution < 1.29 is 14.7 Å². The minimum Gasteiger partial charge on any atom is -0.478 e. The second kappa shape index (κ2) is 5.16. The van der Waals surface area contributed by atoms with Gasteiger partial charge in [-0.25, -0.2) is 9.78 Å². The predicted molar refractivity (Wildman–Crippen MR) is 66.3 cm³/mol. The van der Waals surface area contributed by atoms with Crippen LogP contribution in [-0.2, 0) is 4.79 Å². The highest BCUT2D eigenvalue weighted by Crippen LogP contribution is 2.31. The molecule has 96 valence electrons. The summed E-state index contributed by atoms with van der Waals surface area (Å²) in [5.41, 5.74) is 0.113. The molecule has 2 rings (SSSR count). The summed E-state index contributed by atoms with van der Waals surface area (Å²) in [5, 5.41) is 11.5. The zero-order chi connectivity index (χ0) is 13.1. The zero-order valence-electron chi connectivity index (χ0n) is 10.2. The third-order valence-corrected chi connectivity index (χ3v) is 3.46. The molecule has 0 spiro atoms. The van der Waals surface area contributed by atoms with Crippen LogP contribution in [0.2, 0.25) is 0 Å². The predicted octanol–water partition coefficient (Wildman–Crippen LogP) is 2.15.